The Morgan fingerprint density at radius 1 is 1.07 bits per heavy atom. The molecule has 0 heterocycles. The third-order valence-electron chi connectivity index (χ3n) is 3.25. The predicted octanol–water partition coefficient (Wildman–Crippen LogP) is 1.86. The molecule has 1 aliphatic carbocycles. The van der Waals surface area contributed by atoms with Crippen molar-refractivity contribution >= 4 is 5.96 Å². The molecule has 14 heavy (non-hydrogen) atoms. The van der Waals surface area contributed by atoms with Gasteiger partial charge in [0, 0.05) is 0 Å². The summed E-state index contributed by atoms with van der Waals surface area (Å²) in [4.78, 5) is 4.23. The number of nitrogens with zero attached hydrogens (tertiary/aromatic N) is 1. The molecule has 0 bridgehead atoms. The molecule has 0 spiro atoms. The van der Waals surface area contributed by atoms with E-state index in [0.717, 1.165) is 18.8 Å². The van der Waals surface area contributed by atoms with Crippen molar-refractivity contribution in [3.8, 4) is 0 Å². The lowest BCUT2D eigenvalue weighted by atomic mass is 9.71. The average molecular weight is 197 g/mol. The Labute approximate surface area is 87.0 Å². The lowest BCUT2D eigenvalue weighted by Crippen LogP contribution is -2.30. The van der Waals surface area contributed by atoms with E-state index in [0.29, 0.717) is 11.5 Å². The molecular weight excluding hydrogens is 174 g/mol. The van der Waals surface area contributed by atoms with Crippen LogP contribution in [0.2, 0.25) is 0 Å². The second-order valence-corrected chi connectivity index (χ2v) is 5.43. The van der Waals surface area contributed by atoms with Crippen molar-refractivity contribution in [2.45, 2.75) is 52.5 Å². The van der Waals surface area contributed by atoms with Crippen LogP contribution >= 0.6 is 0 Å². The maximum absolute atomic E-state index is 5.37. The van der Waals surface area contributed by atoms with E-state index in [1.807, 2.05) is 0 Å². The smallest absolute Gasteiger partial charge is 0.186 e. The van der Waals surface area contributed by atoms with Gasteiger partial charge in [0.2, 0.25) is 0 Å². The van der Waals surface area contributed by atoms with Crippen LogP contribution in [0.25, 0.3) is 0 Å². The van der Waals surface area contributed by atoms with Gasteiger partial charge in [0.15, 0.2) is 5.96 Å². The Kier molecular flexibility index (Phi) is 3.40. The first kappa shape index (κ1) is 11.3. The molecular formula is C11H23N3. The van der Waals surface area contributed by atoms with E-state index >= 15 is 0 Å². The van der Waals surface area contributed by atoms with Crippen molar-refractivity contribution in [2.24, 2.45) is 27.8 Å². The molecule has 1 aliphatic rings. The number of guanidine groups is 1. The van der Waals surface area contributed by atoms with Crippen LogP contribution in [-0.2, 0) is 0 Å². The monoisotopic (exact) mass is 197 g/mol. The molecule has 1 fully saturated rings. The molecule has 1 rings (SSSR count). The number of nitrogens with two attached hydrogens (primary N) is 2. The number of hydrogen-bond acceptors (Lipinski definition) is 1. The fraction of sp³-hybridized carbons (Fsp3) is 0.909. The number of aliphatic imine (C=N–C) groups is 1. The Balaban J connectivity index is 2.43. The zero-order chi connectivity index (χ0) is 10.8. The van der Waals surface area contributed by atoms with Crippen molar-refractivity contribution in [1.82, 2.24) is 0 Å². The largest absolute Gasteiger partial charge is 0.370 e. The molecule has 0 aromatic rings. The Hall–Kier alpha value is -0.730. The highest BCUT2D eigenvalue weighted by Crippen LogP contribution is 2.38. The standard InChI is InChI=1S/C11H23N3/c1-11(2,3)8-4-6-9(7-5-8)14-10(12)13/h8-9H,4-7H2,1-3H3,(H4,12,13,14). The van der Waals surface area contributed by atoms with E-state index in [2.05, 4.69) is 25.8 Å². The average Bonchev–Trinajstić information content (AvgIpc) is 2.02. The lowest BCUT2D eigenvalue weighted by molar-refractivity contribution is 0.170. The molecule has 3 heteroatoms. The minimum absolute atomic E-state index is 0.240. The second-order valence-electron chi connectivity index (χ2n) is 5.43. The predicted molar refractivity (Wildman–Crippen MR) is 61.0 cm³/mol. The Morgan fingerprint density at radius 3 is 1.93 bits per heavy atom. The first-order valence-electron chi connectivity index (χ1n) is 5.48. The number of rotatable bonds is 1. The van der Waals surface area contributed by atoms with E-state index in [1.54, 1.807) is 0 Å². The summed E-state index contributed by atoms with van der Waals surface area (Å²) in [6.45, 7) is 6.95. The summed E-state index contributed by atoms with van der Waals surface area (Å²) in [7, 11) is 0. The molecule has 3 nitrogen and oxygen atoms in total. The maximum Gasteiger partial charge on any atom is 0.186 e. The first-order valence-corrected chi connectivity index (χ1v) is 5.48. The lowest BCUT2D eigenvalue weighted by Gasteiger charge is -2.35. The zero-order valence-corrected chi connectivity index (χ0v) is 9.59. The van der Waals surface area contributed by atoms with Gasteiger partial charge in [0.1, 0.15) is 0 Å². The van der Waals surface area contributed by atoms with Gasteiger partial charge in [-0.2, -0.15) is 0 Å². The van der Waals surface area contributed by atoms with Crippen LogP contribution in [0.1, 0.15) is 46.5 Å². The van der Waals surface area contributed by atoms with Gasteiger partial charge in [-0.05, 0) is 37.0 Å². The highest BCUT2D eigenvalue weighted by Gasteiger charge is 2.29. The van der Waals surface area contributed by atoms with Gasteiger partial charge in [-0.1, -0.05) is 20.8 Å². The Bertz CT molecular complexity index is 203. The van der Waals surface area contributed by atoms with E-state index in [4.69, 9.17) is 11.5 Å². The minimum atomic E-state index is 0.240. The highest BCUT2D eigenvalue weighted by molar-refractivity contribution is 5.75. The molecule has 4 N–H and O–H groups in total. The third-order valence-corrected chi connectivity index (χ3v) is 3.25. The van der Waals surface area contributed by atoms with E-state index in [1.165, 1.54) is 12.8 Å². The Morgan fingerprint density at radius 2 is 1.57 bits per heavy atom. The summed E-state index contributed by atoms with van der Waals surface area (Å²) in [5, 5.41) is 0. The molecule has 0 aromatic heterocycles. The summed E-state index contributed by atoms with van der Waals surface area (Å²) >= 11 is 0. The van der Waals surface area contributed by atoms with Gasteiger partial charge in [-0.3, -0.25) is 4.99 Å². The first-order chi connectivity index (χ1) is 6.39. The van der Waals surface area contributed by atoms with Crippen LogP contribution in [0, 0.1) is 11.3 Å². The fourth-order valence-electron chi connectivity index (χ4n) is 2.28. The van der Waals surface area contributed by atoms with E-state index in [-0.39, 0.29) is 5.96 Å². The van der Waals surface area contributed by atoms with Gasteiger partial charge in [0.25, 0.3) is 0 Å². The molecule has 1 saturated carbocycles. The topological polar surface area (TPSA) is 64.4 Å². The van der Waals surface area contributed by atoms with Crippen molar-refractivity contribution in [2.75, 3.05) is 0 Å². The SMILES string of the molecule is CC(C)(C)C1CCC(N=C(N)N)CC1. The van der Waals surface area contributed by atoms with Crippen LogP contribution in [0.15, 0.2) is 4.99 Å². The van der Waals surface area contributed by atoms with Gasteiger partial charge in [-0.25, -0.2) is 0 Å². The van der Waals surface area contributed by atoms with Crippen molar-refractivity contribution < 1.29 is 0 Å². The van der Waals surface area contributed by atoms with Crippen LogP contribution < -0.4 is 11.5 Å². The second kappa shape index (κ2) is 4.20. The zero-order valence-electron chi connectivity index (χ0n) is 9.59. The molecule has 0 aliphatic heterocycles. The van der Waals surface area contributed by atoms with Gasteiger partial charge >= 0.3 is 0 Å². The molecule has 0 atom stereocenters. The van der Waals surface area contributed by atoms with Gasteiger partial charge in [0.05, 0.1) is 6.04 Å². The quantitative estimate of drug-likeness (QED) is 0.498. The van der Waals surface area contributed by atoms with Crippen LogP contribution in [-0.4, -0.2) is 12.0 Å². The van der Waals surface area contributed by atoms with Gasteiger partial charge in [-0.15, -0.1) is 0 Å². The molecule has 0 radical (unpaired) electrons. The summed E-state index contributed by atoms with van der Waals surface area (Å²) in [5.41, 5.74) is 11.2. The number of hydrogen-bond donors (Lipinski definition) is 2. The van der Waals surface area contributed by atoms with Crippen LogP contribution in [0.4, 0.5) is 0 Å². The van der Waals surface area contributed by atoms with Crippen LogP contribution in [0.5, 0.6) is 0 Å². The molecule has 82 valence electrons. The van der Waals surface area contributed by atoms with E-state index < -0.39 is 0 Å². The summed E-state index contributed by atoms with van der Waals surface area (Å²) in [6.07, 6.45) is 4.79. The van der Waals surface area contributed by atoms with Crippen molar-refractivity contribution in [3.63, 3.8) is 0 Å². The van der Waals surface area contributed by atoms with Crippen LogP contribution in [0.3, 0.4) is 0 Å². The maximum atomic E-state index is 5.37. The summed E-state index contributed by atoms with van der Waals surface area (Å²) in [5.74, 6) is 1.07. The fourth-order valence-corrected chi connectivity index (χ4v) is 2.28. The molecule has 0 amide bonds. The van der Waals surface area contributed by atoms with E-state index in [9.17, 15) is 0 Å². The summed E-state index contributed by atoms with van der Waals surface area (Å²) < 4.78 is 0. The summed E-state index contributed by atoms with van der Waals surface area (Å²) in [6, 6.07) is 0.374. The minimum Gasteiger partial charge on any atom is -0.370 e. The highest BCUT2D eigenvalue weighted by atomic mass is 15.0. The molecule has 0 unspecified atom stereocenters. The third kappa shape index (κ3) is 3.20. The molecule has 0 saturated heterocycles. The molecule has 0 aromatic carbocycles. The van der Waals surface area contributed by atoms with Crippen molar-refractivity contribution in [3.05, 3.63) is 0 Å². The van der Waals surface area contributed by atoms with Crippen molar-refractivity contribution in [1.29, 1.82) is 0 Å². The normalized spacial score (nSPS) is 28.5. The van der Waals surface area contributed by atoms with Gasteiger partial charge < -0.3 is 11.5 Å².